The summed E-state index contributed by atoms with van der Waals surface area (Å²) in [6, 6.07) is 3.78. The molecule has 1 aliphatic rings. The molecule has 1 aromatic heterocycles. The summed E-state index contributed by atoms with van der Waals surface area (Å²) in [6.07, 6.45) is 0.387. The normalized spacial score (nSPS) is 25.9. The van der Waals surface area contributed by atoms with Gasteiger partial charge in [-0.15, -0.1) is 16.4 Å². The number of rotatable bonds is 5. The van der Waals surface area contributed by atoms with Crippen LogP contribution in [0.4, 0.5) is 0 Å². The smallest absolute Gasteiger partial charge is 0.329 e. The highest BCUT2D eigenvalue weighted by Crippen LogP contribution is 2.47. The molecule has 106 valence electrons. The van der Waals surface area contributed by atoms with Crippen molar-refractivity contribution in [1.29, 1.82) is 0 Å². The maximum Gasteiger partial charge on any atom is 0.329 e. The number of hydrazone groups is 1. The molecule has 1 aliphatic heterocycles. The van der Waals surface area contributed by atoms with Gasteiger partial charge >= 0.3 is 13.5 Å². The maximum atomic E-state index is 11.6. The fourth-order valence-electron chi connectivity index (χ4n) is 1.87. The molecule has 2 atom stereocenters. The van der Waals surface area contributed by atoms with Gasteiger partial charge < -0.3 is 9.63 Å². The van der Waals surface area contributed by atoms with Gasteiger partial charge in [-0.3, -0.25) is 4.57 Å². The topological polar surface area (TPSA) is 71.4 Å². The predicted octanol–water partition coefficient (Wildman–Crippen LogP) is 2.66. The summed E-state index contributed by atoms with van der Waals surface area (Å²) in [7, 11) is -3.69. The molecule has 2 heterocycles. The molecular weight excluding hydrogens is 287 g/mol. The van der Waals surface area contributed by atoms with E-state index < -0.39 is 13.5 Å². The Morgan fingerprint density at radius 1 is 1.63 bits per heavy atom. The predicted molar refractivity (Wildman–Crippen MR) is 74.2 cm³/mol. The molecule has 0 saturated heterocycles. The third-order valence-electron chi connectivity index (χ3n) is 2.65. The Bertz CT molecular complexity index is 513. The van der Waals surface area contributed by atoms with Crippen LogP contribution < -0.4 is 0 Å². The van der Waals surface area contributed by atoms with Crippen molar-refractivity contribution in [2.24, 2.45) is 5.10 Å². The van der Waals surface area contributed by atoms with Crippen LogP contribution in [-0.4, -0.2) is 34.9 Å². The second kappa shape index (κ2) is 5.25. The summed E-state index contributed by atoms with van der Waals surface area (Å²) in [4.78, 5) is 10.3. The minimum Gasteiger partial charge on any atom is -0.422 e. The third-order valence-corrected chi connectivity index (χ3v) is 4.13. The standard InChI is InChI=1S/C11H17N2O4PS/c1-4-11(17-18(3,14)15)13(5-2)12-10(16-11)9-7-6-8-19-9/h6-8H,4-5H2,1-3H3,(H,14,15). The van der Waals surface area contributed by atoms with Crippen LogP contribution in [0.25, 0.3) is 0 Å². The molecule has 0 fully saturated rings. The van der Waals surface area contributed by atoms with Gasteiger partial charge in [0.15, 0.2) is 0 Å². The molecule has 2 rings (SSSR count). The van der Waals surface area contributed by atoms with Crippen molar-refractivity contribution in [1.82, 2.24) is 5.01 Å². The van der Waals surface area contributed by atoms with Crippen molar-refractivity contribution >= 4 is 24.8 Å². The molecule has 0 aliphatic carbocycles. The van der Waals surface area contributed by atoms with Gasteiger partial charge in [-0.05, 0) is 18.4 Å². The first kappa shape index (κ1) is 14.5. The Balaban J connectivity index is 2.30. The summed E-state index contributed by atoms with van der Waals surface area (Å²) < 4.78 is 22.6. The van der Waals surface area contributed by atoms with Gasteiger partial charge in [-0.25, -0.2) is 9.53 Å². The van der Waals surface area contributed by atoms with Crippen LogP contribution in [0, 0.1) is 0 Å². The molecule has 0 amide bonds. The van der Waals surface area contributed by atoms with E-state index in [1.54, 1.807) is 5.01 Å². The molecule has 0 bridgehead atoms. The lowest BCUT2D eigenvalue weighted by Gasteiger charge is -2.34. The number of hydrogen-bond acceptors (Lipinski definition) is 6. The first-order chi connectivity index (χ1) is 8.90. The van der Waals surface area contributed by atoms with Gasteiger partial charge in [0.2, 0.25) is 0 Å². The van der Waals surface area contributed by atoms with Gasteiger partial charge in [-0.1, -0.05) is 13.0 Å². The maximum absolute atomic E-state index is 11.6. The van der Waals surface area contributed by atoms with E-state index in [1.165, 1.54) is 11.3 Å². The van der Waals surface area contributed by atoms with Crippen molar-refractivity contribution in [3.8, 4) is 0 Å². The van der Waals surface area contributed by atoms with E-state index in [4.69, 9.17) is 9.26 Å². The van der Waals surface area contributed by atoms with E-state index in [2.05, 4.69) is 5.10 Å². The second-order valence-corrected chi connectivity index (χ2v) is 6.90. The molecule has 6 nitrogen and oxygen atoms in total. The zero-order chi connectivity index (χ0) is 14.1. The Labute approximate surface area is 116 Å². The molecule has 0 aromatic carbocycles. The molecule has 19 heavy (non-hydrogen) atoms. The Morgan fingerprint density at radius 3 is 2.84 bits per heavy atom. The van der Waals surface area contributed by atoms with Crippen molar-refractivity contribution < 1.29 is 18.7 Å². The van der Waals surface area contributed by atoms with E-state index >= 15 is 0 Å². The lowest BCUT2D eigenvalue weighted by molar-refractivity contribution is -0.215. The highest BCUT2D eigenvalue weighted by atomic mass is 32.1. The van der Waals surface area contributed by atoms with E-state index in [0.717, 1.165) is 11.5 Å². The van der Waals surface area contributed by atoms with Crippen LogP contribution in [0.15, 0.2) is 22.6 Å². The number of nitrogens with zero attached hydrogens (tertiary/aromatic N) is 2. The molecule has 1 aromatic rings. The first-order valence-corrected chi connectivity index (χ1v) is 8.91. The van der Waals surface area contributed by atoms with Crippen molar-refractivity contribution in [3.05, 3.63) is 22.4 Å². The minimum atomic E-state index is -3.69. The molecule has 2 unspecified atom stereocenters. The Morgan fingerprint density at radius 2 is 2.37 bits per heavy atom. The van der Waals surface area contributed by atoms with E-state index in [0.29, 0.717) is 18.9 Å². The van der Waals surface area contributed by atoms with E-state index in [-0.39, 0.29) is 0 Å². The minimum absolute atomic E-state index is 0.387. The highest BCUT2D eigenvalue weighted by molar-refractivity contribution is 7.51. The van der Waals surface area contributed by atoms with Gasteiger partial charge in [0, 0.05) is 19.6 Å². The molecule has 0 saturated carbocycles. The van der Waals surface area contributed by atoms with Crippen LogP contribution in [0.2, 0.25) is 0 Å². The molecule has 1 N–H and O–H groups in total. The van der Waals surface area contributed by atoms with Crippen molar-refractivity contribution in [2.45, 2.75) is 26.2 Å². The monoisotopic (exact) mass is 304 g/mol. The van der Waals surface area contributed by atoms with E-state index in [1.807, 2.05) is 31.4 Å². The third kappa shape index (κ3) is 3.00. The summed E-state index contributed by atoms with van der Waals surface area (Å²) in [6.45, 7) is 5.37. The second-order valence-electron chi connectivity index (χ2n) is 4.16. The van der Waals surface area contributed by atoms with Crippen LogP contribution in [0.3, 0.4) is 0 Å². The quantitative estimate of drug-likeness (QED) is 0.847. The summed E-state index contributed by atoms with van der Waals surface area (Å²) >= 11 is 1.49. The highest BCUT2D eigenvalue weighted by Gasteiger charge is 2.48. The number of ether oxygens (including phenoxy) is 1. The largest absolute Gasteiger partial charge is 0.422 e. The van der Waals surface area contributed by atoms with Gasteiger partial charge in [0.25, 0.3) is 5.90 Å². The molecular formula is C11H17N2O4PS. The Hall–Kier alpha value is -0.880. The van der Waals surface area contributed by atoms with Gasteiger partial charge in [0.1, 0.15) is 0 Å². The number of thiophene rings is 1. The summed E-state index contributed by atoms with van der Waals surface area (Å²) in [5, 5.41) is 7.82. The van der Waals surface area contributed by atoms with Gasteiger partial charge in [0.05, 0.1) is 4.88 Å². The van der Waals surface area contributed by atoms with E-state index in [9.17, 15) is 9.46 Å². The van der Waals surface area contributed by atoms with Crippen LogP contribution in [-0.2, 0) is 13.8 Å². The molecule has 0 spiro atoms. The first-order valence-electron chi connectivity index (χ1n) is 6.00. The lowest BCUT2D eigenvalue weighted by atomic mass is 10.3. The fraction of sp³-hybridized carbons (Fsp3) is 0.545. The van der Waals surface area contributed by atoms with Crippen LogP contribution >= 0.6 is 18.9 Å². The Kier molecular flexibility index (Phi) is 4.01. The van der Waals surface area contributed by atoms with Crippen LogP contribution in [0.1, 0.15) is 25.1 Å². The zero-order valence-electron chi connectivity index (χ0n) is 11.1. The fourth-order valence-corrected chi connectivity index (χ4v) is 3.31. The van der Waals surface area contributed by atoms with Crippen LogP contribution in [0.5, 0.6) is 0 Å². The number of hydrogen-bond donors (Lipinski definition) is 1. The van der Waals surface area contributed by atoms with Crippen molar-refractivity contribution in [3.63, 3.8) is 0 Å². The lowest BCUT2D eigenvalue weighted by Crippen LogP contribution is -2.45. The summed E-state index contributed by atoms with van der Waals surface area (Å²) in [5.74, 6) is -0.875. The summed E-state index contributed by atoms with van der Waals surface area (Å²) in [5.41, 5.74) is 0. The molecule has 0 radical (unpaired) electrons. The zero-order valence-corrected chi connectivity index (χ0v) is 12.8. The average molecular weight is 304 g/mol. The van der Waals surface area contributed by atoms with Gasteiger partial charge in [-0.2, -0.15) is 0 Å². The molecule has 8 heteroatoms. The SMILES string of the molecule is CCN1N=C(c2cccs2)OC1(CC)OP(C)(=O)O. The average Bonchev–Trinajstić information content (AvgIpc) is 2.93. The van der Waals surface area contributed by atoms with Crippen molar-refractivity contribution in [2.75, 3.05) is 13.2 Å².